The van der Waals surface area contributed by atoms with Crippen molar-refractivity contribution >= 4 is 11.6 Å². The van der Waals surface area contributed by atoms with Gasteiger partial charge in [-0.05, 0) is 0 Å². The molecule has 1 heterocycles. The van der Waals surface area contributed by atoms with Gasteiger partial charge in [0.1, 0.15) is 5.75 Å². The number of rotatable bonds is 2. The summed E-state index contributed by atoms with van der Waals surface area (Å²) in [5, 5.41) is 9.02. The van der Waals surface area contributed by atoms with Gasteiger partial charge < -0.3 is 5.11 Å². The van der Waals surface area contributed by atoms with Crippen LogP contribution in [-0.2, 0) is 5.88 Å². The van der Waals surface area contributed by atoms with E-state index >= 15 is 0 Å². The zero-order valence-electron chi connectivity index (χ0n) is 6.27. The lowest BCUT2D eigenvalue weighted by molar-refractivity contribution is 0.143. The highest BCUT2D eigenvalue weighted by Gasteiger charge is 2.21. The molecule has 13 heavy (non-hydrogen) atoms. The predicted octanol–water partition coefficient (Wildman–Crippen LogP) is 2.60. The van der Waals surface area contributed by atoms with Gasteiger partial charge in [-0.2, -0.15) is 4.39 Å². The van der Waals surface area contributed by atoms with Crippen LogP contribution in [0, 0.1) is 5.95 Å². The molecule has 0 unspecified atom stereocenters. The Morgan fingerprint density at radius 2 is 2.15 bits per heavy atom. The Morgan fingerprint density at radius 3 is 2.54 bits per heavy atom. The third-order valence-corrected chi connectivity index (χ3v) is 1.78. The molecule has 1 aromatic heterocycles. The second-order valence-corrected chi connectivity index (χ2v) is 2.53. The molecule has 0 bridgehead atoms. The first-order valence-electron chi connectivity index (χ1n) is 3.28. The van der Waals surface area contributed by atoms with Crippen LogP contribution in [0.1, 0.15) is 17.6 Å². The Hall–Kier alpha value is -0.970. The number of aromatic hydroxyl groups is 1. The van der Waals surface area contributed by atoms with E-state index in [1.54, 1.807) is 0 Å². The zero-order chi connectivity index (χ0) is 10.0. The fraction of sp³-hybridized carbons (Fsp3) is 0.286. The van der Waals surface area contributed by atoms with Gasteiger partial charge in [-0.25, -0.2) is 13.8 Å². The summed E-state index contributed by atoms with van der Waals surface area (Å²) in [5.41, 5.74) is -1.25. The van der Waals surface area contributed by atoms with Crippen LogP contribution in [0.25, 0.3) is 0 Å². The molecule has 1 aromatic rings. The van der Waals surface area contributed by atoms with E-state index in [1.807, 2.05) is 0 Å². The molecule has 1 N–H and O–H groups in total. The molecule has 2 nitrogen and oxygen atoms in total. The Kier molecular flexibility index (Phi) is 2.98. The van der Waals surface area contributed by atoms with Crippen LogP contribution in [0.15, 0.2) is 6.20 Å². The Balaban J connectivity index is 3.35. The van der Waals surface area contributed by atoms with Gasteiger partial charge in [0, 0.05) is 5.56 Å². The minimum absolute atomic E-state index is 0.316. The number of halogens is 4. The molecule has 0 amide bonds. The molecule has 0 radical (unpaired) electrons. The van der Waals surface area contributed by atoms with Crippen LogP contribution >= 0.6 is 11.6 Å². The third-order valence-electron chi connectivity index (χ3n) is 1.51. The molecule has 0 saturated carbocycles. The van der Waals surface area contributed by atoms with Crippen molar-refractivity contribution in [3.8, 4) is 5.75 Å². The van der Waals surface area contributed by atoms with Crippen molar-refractivity contribution in [3.63, 3.8) is 0 Å². The van der Waals surface area contributed by atoms with Crippen molar-refractivity contribution in [2.24, 2.45) is 0 Å². The fourth-order valence-corrected chi connectivity index (χ4v) is 1.17. The highest BCUT2D eigenvalue weighted by Crippen LogP contribution is 2.31. The van der Waals surface area contributed by atoms with Gasteiger partial charge in [-0.1, -0.05) is 0 Å². The van der Waals surface area contributed by atoms with Crippen LogP contribution in [0.3, 0.4) is 0 Å². The smallest absolute Gasteiger partial charge is 0.268 e. The Labute approximate surface area is 77.0 Å². The van der Waals surface area contributed by atoms with E-state index < -0.39 is 23.7 Å². The molecule has 0 fully saturated rings. The second-order valence-electron chi connectivity index (χ2n) is 2.26. The number of nitrogens with zero attached hydrogens (tertiary/aromatic N) is 1. The first-order chi connectivity index (χ1) is 6.07. The Morgan fingerprint density at radius 1 is 1.54 bits per heavy atom. The quantitative estimate of drug-likeness (QED) is 0.603. The van der Waals surface area contributed by atoms with Crippen molar-refractivity contribution in [1.82, 2.24) is 4.98 Å². The maximum atomic E-state index is 12.7. The number of pyridine rings is 1. The van der Waals surface area contributed by atoms with E-state index in [1.165, 1.54) is 0 Å². The molecule has 0 aliphatic rings. The maximum absolute atomic E-state index is 12.7. The average Bonchev–Trinajstić information content (AvgIpc) is 2.07. The summed E-state index contributed by atoms with van der Waals surface area (Å²) in [5.74, 6) is -2.21. The molecule has 0 saturated heterocycles. The van der Waals surface area contributed by atoms with Gasteiger partial charge in [0.15, 0.2) is 0 Å². The number of hydrogen-bond acceptors (Lipinski definition) is 2. The second kappa shape index (κ2) is 3.83. The topological polar surface area (TPSA) is 33.1 Å². The van der Waals surface area contributed by atoms with E-state index in [0.29, 0.717) is 0 Å². The van der Waals surface area contributed by atoms with E-state index in [-0.39, 0.29) is 11.4 Å². The molecule has 0 aliphatic carbocycles. The lowest BCUT2D eigenvalue weighted by Crippen LogP contribution is -2.00. The summed E-state index contributed by atoms with van der Waals surface area (Å²) in [4.78, 5) is 2.95. The van der Waals surface area contributed by atoms with E-state index in [0.717, 1.165) is 6.20 Å². The van der Waals surface area contributed by atoms with Crippen molar-refractivity contribution < 1.29 is 18.3 Å². The lowest BCUT2D eigenvalue weighted by atomic mass is 10.1. The first-order valence-corrected chi connectivity index (χ1v) is 3.81. The Bertz CT molecular complexity index is 319. The highest BCUT2D eigenvalue weighted by atomic mass is 35.5. The van der Waals surface area contributed by atoms with Crippen molar-refractivity contribution in [1.29, 1.82) is 0 Å². The van der Waals surface area contributed by atoms with Crippen LogP contribution in [0.4, 0.5) is 13.2 Å². The normalized spacial score (nSPS) is 10.8. The minimum Gasteiger partial charge on any atom is -0.506 e. The first kappa shape index (κ1) is 10.1. The predicted molar refractivity (Wildman–Crippen MR) is 40.4 cm³/mol. The molecule has 72 valence electrons. The minimum atomic E-state index is -3.03. The van der Waals surface area contributed by atoms with Crippen LogP contribution in [-0.4, -0.2) is 10.1 Å². The van der Waals surface area contributed by atoms with Crippen LogP contribution < -0.4 is 0 Å². The average molecular weight is 212 g/mol. The standard InChI is InChI=1S/C7H5ClF3NO/c8-1-3-4(13)2-12-7(11)5(3)6(9)10/h2,6,13H,1H2. The molecule has 0 aromatic carbocycles. The summed E-state index contributed by atoms with van der Waals surface area (Å²) in [7, 11) is 0. The van der Waals surface area contributed by atoms with Crippen LogP contribution in [0.2, 0.25) is 0 Å². The molecule has 1 rings (SSSR count). The summed E-state index contributed by atoms with van der Waals surface area (Å²) in [6, 6.07) is 0. The number of alkyl halides is 3. The van der Waals surface area contributed by atoms with E-state index in [4.69, 9.17) is 16.7 Å². The summed E-state index contributed by atoms with van der Waals surface area (Å²) in [6.45, 7) is 0. The van der Waals surface area contributed by atoms with Gasteiger partial charge in [-0.3, -0.25) is 0 Å². The van der Waals surface area contributed by atoms with Crippen LogP contribution in [0.5, 0.6) is 5.75 Å². The van der Waals surface area contributed by atoms with Crippen molar-refractivity contribution in [2.45, 2.75) is 12.3 Å². The van der Waals surface area contributed by atoms with Gasteiger partial charge >= 0.3 is 0 Å². The molecule has 0 aliphatic heterocycles. The van der Waals surface area contributed by atoms with Gasteiger partial charge in [0.25, 0.3) is 6.43 Å². The molecule has 6 heteroatoms. The maximum Gasteiger partial charge on any atom is 0.268 e. The molecular formula is C7H5ClF3NO. The SMILES string of the molecule is Oc1cnc(F)c(C(F)F)c1CCl. The van der Waals surface area contributed by atoms with Crippen molar-refractivity contribution in [2.75, 3.05) is 0 Å². The van der Waals surface area contributed by atoms with Crippen molar-refractivity contribution in [3.05, 3.63) is 23.3 Å². The van der Waals surface area contributed by atoms with Gasteiger partial charge in [0.2, 0.25) is 5.95 Å². The van der Waals surface area contributed by atoms with E-state index in [9.17, 15) is 13.2 Å². The molecule has 0 spiro atoms. The fourth-order valence-electron chi connectivity index (χ4n) is 0.890. The zero-order valence-corrected chi connectivity index (χ0v) is 7.02. The molecule has 0 atom stereocenters. The highest BCUT2D eigenvalue weighted by molar-refractivity contribution is 6.17. The van der Waals surface area contributed by atoms with Gasteiger partial charge in [-0.15, -0.1) is 11.6 Å². The summed E-state index contributed by atoms with van der Waals surface area (Å²) in [6.07, 6.45) is -2.29. The summed E-state index contributed by atoms with van der Waals surface area (Å²) >= 11 is 5.27. The number of aromatic nitrogens is 1. The van der Waals surface area contributed by atoms with E-state index in [2.05, 4.69) is 4.98 Å². The monoisotopic (exact) mass is 211 g/mol. The largest absolute Gasteiger partial charge is 0.506 e. The summed E-state index contributed by atoms with van der Waals surface area (Å²) < 4.78 is 37.1. The number of hydrogen-bond donors (Lipinski definition) is 1. The lowest BCUT2D eigenvalue weighted by Gasteiger charge is -2.07. The third kappa shape index (κ3) is 1.85. The molecular weight excluding hydrogens is 207 g/mol. The van der Waals surface area contributed by atoms with Gasteiger partial charge in [0.05, 0.1) is 17.6 Å².